The summed E-state index contributed by atoms with van der Waals surface area (Å²) < 4.78 is 10.8. The molecule has 0 unspecified atom stereocenters. The highest BCUT2D eigenvalue weighted by Gasteiger charge is 2.08. The van der Waals surface area contributed by atoms with E-state index in [9.17, 15) is 14.7 Å². The number of methoxy groups -OCH3 is 1. The highest BCUT2D eigenvalue weighted by molar-refractivity contribution is 5.78. The molecular weight excluding hydrogens is 274 g/mol. The molecule has 114 valence electrons. The normalized spacial score (nSPS) is 11.3. The molecule has 0 radical (unpaired) electrons. The molecule has 0 aromatic heterocycles. The quantitative estimate of drug-likeness (QED) is 0.507. The van der Waals surface area contributed by atoms with Crippen molar-refractivity contribution in [3.8, 4) is 11.5 Å². The van der Waals surface area contributed by atoms with Gasteiger partial charge in [-0.05, 0) is 31.5 Å². The Hall–Kier alpha value is -2.34. The average Bonchev–Trinajstić information content (AvgIpc) is 2.44. The van der Waals surface area contributed by atoms with Crippen LogP contribution in [0, 0.1) is 0 Å². The van der Waals surface area contributed by atoms with Crippen molar-refractivity contribution in [3.63, 3.8) is 0 Å². The van der Waals surface area contributed by atoms with Crippen LogP contribution >= 0.6 is 0 Å². The number of hydrogen-bond acceptors (Lipinski definition) is 5. The third-order valence-electron chi connectivity index (χ3n) is 2.52. The van der Waals surface area contributed by atoms with Crippen LogP contribution in [0.3, 0.4) is 0 Å². The maximum absolute atomic E-state index is 10.9. The number of ether oxygens (including phenoxy) is 2. The summed E-state index contributed by atoms with van der Waals surface area (Å²) in [5.74, 6) is -0.0837. The first-order valence-corrected chi connectivity index (χ1v) is 6.51. The Bertz CT molecular complexity index is 537. The molecule has 0 spiro atoms. The highest BCUT2D eigenvalue weighted by atomic mass is 16.5. The van der Waals surface area contributed by atoms with E-state index in [1.54, 1.807) is 24.3 Å². The van der Waals surface area contributed by atoms with E-state index in [2.05, 4.69) is 0 Å². The molecule has 2 N–H and O–H groups in total. The number of aliphatic carboxylic acids is 1. The van der Waals surface area contributed by atoms with Crippen molar-refractivity contribution in [2.24, 2.45) is 0 Å². The van der Waals surface area contributed by atoms with Gasteiger partial charge in [0.05, 0.1) is 19.2 Å². The Morgan fingerprint density at radius 3 is 2.62 bits per heavy atom. The number of carbonyl (C=O) groups is 2. The monoisotopic (exact) mass is 293 g/mol. The molecule has 0 aliphatic heterocycles. The summed E-state index contributed by atoms with van der Waals surface area (Å²) >= 11 is 0. The van der Waals surface area contributed by atoms with Crippen molar-refractivity contribution < 1.29 is 29.5 Å². The summed E-state index contributed by atoms with van der Waals surface area (Å²) in [6.45, 7) is 3.51. The maximum Gasteiger partial charge on any atom is 0.203 e. The smallest absolute Gasteiger partial charge is 0.203 e. The van der Waals surface area contributed by atoms with Gasteiger partial charge in [-0.15, -0.1) is 0 Å². The van der Waals surface area contributed by atoms with Crippen LogP contribution in [-0.4, -0.2) is 32.0 Å². The number of carbonyl (C=O) groups excluding carboxylic acids is 2. The number of hydrogen-bond donors (Lipinski definition) is 1. The molecule has 0 aliphatic carbocycles. The first-order valence-electron chi connectivity index (χ1n) is 6.51. The van der Waals surface area contributed by atoms with Crippen molar-refractivity contribution >= 4 is 18.3 Å². The zero-order valence-corrected chi connectivity index (χ0v) is 12.3. The second-order valence-corrected chi connectivity index (χ2v) is 4.62. The number of carboxylic acid groups (broad SMARTS) is 1. The Labute approximate surface area is 123 Å². The van der Waals surface area contributed by atoms with E-state index in [0.29, 0.717) is 23.3 Å². The van der Waals surface area contributed by atoms with E-state index in [1.165, 1.54) is 12.4 Å². The van der Waals surface area contributed by atoms with Crippen LogP contribution in [0.1, 0.15) is 19.4 Å². The van der Waals surface area contributed by atoms with E-state index >= 15 is 0 Å². The molecule has 1 aromatic rings. The zero-order chi connectivity index (χ0) is 15.8. The Morgan fingerprint density at radius 1 is 1.38 bits per heavy atom. The van der Waals surface area contributed by atoms with Crippen molar-refractivity contribution in [2.45, 2.75) is 20.0 Å². The summed E-state index contributed by atoms with van der Waals surface area (Å²) in [6.07, 6.45) is 2.17. The second-order valence-electron chi connectivity index (χ2n) is 4.62. The molecule has 1 rings (SSSR count). The maximum atomic E-state index is 10.9. The SMILES string of the molecule is COc1cc(/C=C(\C=O)[NH2+]CC(=O)[O-])ccc1OC(C)C. The van der Waals surface area contributed by atoms with Gasteiger partial charge in [0.15, 0.2) is 17.2 Å². The number of quaternary nitrogens is 1. The molecule has 0 saturated carbocycles. The zero-order valence-electron chi connectivity index (χ0n) is 12.3. The number of aldehydes is 1. The standard InChI is InChI=1S/C15H19NO5/c1-10(2)21-13-5-4-11(7-14(13)20-3)6-12(9-17)16-8-15(18)19/h4-7,9-10,16H,8H2,1-3H3,(H,18,19)/b12-6+. The molecule has 0 fully saturated rings. The van der Waals surface area contributed by atoms with E-state index in [-0.39, 0.29) is 18.3 Å². The van der Waals surface area contributed by atoms with Crippen LogP contribution in [0.4, 0.5) is 0 Å². The summed E-state index contributed by atoms with van der Waals surface area (Å²) in [4.78, 5) is 21.3. The largest absolute Gasteiger partial charge is 0.544 e. The van der Waals surface area contributed by atoms with Gasteiger partial charge in [-0.3, -0.25) is 4.79 Å². The van der Waals surface area contributed by atoms with E-state index in [1.807, 2.05) is 13.8 Å². The van der Waals surface area contributed by atoms with Gasteiger partial charge in [0.25, 0.3) is 0 Å². The number of carboxylic acids is 1. The van der Waals surface area contributed by atoms with Crippen LogP contribution in [0.5, 0.6) is 11.5 Å². The fourth-order valence-corrected chi connectivity index (χ4v) is 1.66. The minimum absolute atomic E-state index is 0.0160. The lowest BCUT2D eigenvalue weighted by atomic mass is 10.1. The van der Waals surface area contributed by atoms with Crippen LogP contribution in [0.15, 0.2) is 23.9 Å². The van der Waals surface area contributed by atoms with Gasteiger partial charge in [-0.1, -0.05) is 6.07 Å². The average molecular weight is 293 g/mol. The summed E-state index contributed by atoms with van der Waals surface area (Å²) in [7, 11) is 1.53. The Balaban J connectivity index is 2.96. The Kier molecular flexibility index (Phi) is 6.42. The van der Waals surface area contributed by atoms with Gasteiger partial charge in [0.2, 0.25) is 6.29 Å². The number of benzene rings is 1. The molecule has 21 heavy (non-hydrogen) atoms. The summed E-state index contributed by atoms with van der Waals surface area (Å²) in [5, 5.41) is 11.7. The number of nitrogens with two attached hydrogens (primary N) is 1. The lowest BCUT2D eigenvalue weighted by Crippen LogP contribution is -2.85. The molecule has 0 aliphatic rings. The van der Waals surface area contributed by atoms with Crippen molar-refractivity contribution in [1.82, 2.24) is 0 Å². The molecule has 0 atom stereocenters. The lowest BCUT2D eigenvalue weighted by Gasteiger charge is -2.13. The topological polar surface area (TPSA) is 92.3 Å². The third kappa shape index (κ3) is 5.66. The fourth-order valence-electron chi connectivity index (χ4n) is 1.66. The molecular formula is C15H19NO5. The molecule has 0 saturated heterocycles. The highest BCUT2D eigenvalue weighted by Crippen LogP contribution is 2.29. The summed E-state index contributed by atoms with van der Waals surface area (Å²) in [6, 6.07) is 5.22. The van der Waals surface area contributed by atoms with Crippen molar-refractivity contribution in [1.29, 1.82) is 0 Å². The van der Waals surface area contributed by atoms with Crippen LogP contribution in [0.2, 0.25) is 0 Å². The van der Waals surface area contributed by atoms with E-state index in [0.717, 1.165) is 0 Å². The third-order valence-corrected chi connectivity index (χ3v) is 2.52. The number of allylic oxidation sites excluding steroid dienone is 1. The number of rotatable bonds is 8. The van der Waals surface area contributed by atoms with Crippen LogP contribution in [0.25, 0.3) is 6.08 Å². The lowest BCUT2D eigenvalue weighted by molar-refractivity contribution is -0.595. The molecule has 1 aromatic carbocycles. The van der Waals surface area contributed by atoms with Gasteiger partial charge in [-0.2, -0.15) is 0 Å². The van der Waals surface area contributed by atoms with Gasteiger partial charge in [-0.25, -0.2) is 0 Å². The molecule has 6 heteroatoms. The van der Waals surface area contributed by atoms with Crippen LogP contribution < -0.4 is 19.9 Å². The van der Waals surface area contributed by atoms with Gasteiger partial charge < -0.3 is 24.7 Å². The van der Waals surface area contributed by atoms with Crippen molar-refractivity contribution in [3.05, 3.63) is 29.5 Å². The molecule has 6 nitrogen and oxygen atoms in total. The van der Waals surface area contributed by atoms with Gasteiger partial charge in [0, 0.05) is 6.08 Å². The predicted molar refractivity (Wildman–Crippen MR) is 74.6 cm³/mol. The first-order chi connectivity index (χ1) is 9.96. The minimum atomic E-state index is -1.24. The molecule has 0 bridgehead atoms. The van der Waals surface area contributed by atoms with Gasteiger partial charge >= 0.3 is 0 Å². The minimum Gasteiger partial charge on any atom is -0.544 e. The van der Waals surface area contributed by atoms with Gasteiger partial charge in [0.1, 0.15) is 6.54 Å². The molecule has 0 heterocycles. The van der Waals surface area contributed by atoms with E-state index < -0.39 is 5.97 Å². The fraction of sp³-hybridized carbons (Fsp3) is 0.333. The van der Waals surface area contributed by atoms with Crippen molar-refractivity contribution in [2.75, 3.05) is 13.7 Å². The van der Waals surface area contributed by atoms with Crippen LogP contribution in [-0.2, 0) is 9.59 Å². The predicted octanol–water partition coefficient (Wildman–Crippen LogP) is -0.664. The summed E-state index contributed by atoms with van der Waals surface area (Å²) in [5.41, 5.74) is 0.971. The first kappa shape index (κ1) is 16.7. The van der Waals surface area contributed by atoms with E-state index in [4.69, 9.17) is 9.47 Å². The molecule has 0 amide bonds. The second kappa shape index (κ2) is 8.06. The Morgan fingerprint density at radius 2 is 2.10 bits per heavy atom.